The highest BCUT2D eigenvalue weighted by Crippen LogP contribution is 2.37. The molecule has 0 aromatic heterocycles. The number of hydrogen-bond acceptors (Lipinski definition) is 5. The van der Waals surface area contributed by atoms with Gasteiger partial charge in [-0.25, -0.2) is 0 Å². The second-order valence-electron chi connectivity index (χ2n) is 7.84. The number of rotatable bonds is 10. The molecule has 2 aromatic carbocycles. The summed E-state index contributed by atoms with van der Waals surface area (Å²) in [4.78, 5) is 12.2. The van der Waals surface area contributed by atoms with Crippen molar-refractivity contribution >= 4 is 23.6 Å². The Morgan fingerprint density at radius 3 is 2.72 bits per heavy atom. The van der Waals surface area contributed by atoms with Crippen LogP contribution in [0.5, 0.6) is 17.2 Å². The van der Waals surface area contributed by atoms with Gasteiger partial charge in [-0.05, 0) is 68.2 Å². The van der Waals surface area contributed by atoms with Crippen molar-refractivity contribution in [2.24, 2.45) is 0 Å². The average Bonchev–Trinajstić information content (AvgIpc) is 3.30. The van der Waals surface area contributed by atoms with Gasteiger partial charge in [0.05, 0.1) is 24.3 Å². The number of hydrogen-bond donors (Lipinski definition) is 1. The van der Waals surface area contributed by atoms with Gasteiger partial charge in [-0.1, -0.05) is 23.7 Å². The van der Waals surface area contributed by atoms with Crippen molar-refractivity contribution in [2.45, 2.75) is 45.4 Å². The van der Waals surface area contributed by atoms with Gasteiger partial charge in [0.15, 0.2) is 11.5 Å². The number of nitrogens with one attached hydrogen (secondary N) is 1. The molecule has 172 valence electrons. The number of halogens is 1. The van der Waals surface area contributed by atoms with Crippen molar-refractivity contribution in [3.8, 4) is 17.2 Å². The minimum Gasteiger partial charge on any atom is -0.493 e. The number of amides is 1. The van der Waals surface area contributed by atoms with Crippen LogP contribution in [-0.4, -0.2) is 38.4 Å². The van der Waals surface area contributed by atoms with Gasteiger partial charge >= 0.3 is 0 Å². The molecule has 1 atom stereocenters. The van der Waals surface area contributed by atoms with Crippen molar-refractivity contribution < 1.29 is 23.7 Å². The van der Waals surface area contributed by atoms with E-state index in [9.17, 15) is 4.79 Å². The summed E-state index contributed by atoms with van der Waals surface area (Å²) < 4.78 is 22.4. The van der Waals surface area contributed by atoms with Crippen LogP contribution < -0.4 is 19.5 Å². The van der Waals surface area contributed by atoms with Crippen LogP contribution in [0.25, 0.3) is 6.08 Å². The van der Waals surface area contributed by atoms with Gasteiger partial charge in [0, 0.05) is 19.2 Å². The van der Waals surface area contributed by atoms with Crippen molar-refractivity contribution in [3.05, 3.63) is 58.6 Å². The van der Waals surface area contributed by atoms with Crippen LogP contribution in [0.15, 0.2) is 42.5 Å². The van der Waals surface area contributed by atoms with Crippen LogP contribution in [-0.2, 0) is 16.1 Å². The molecule has 3 rings (SSSR count). The molecule has 2 aromatic rings. The Balaban J connectivity index is 1.50. The Morgan fingerprint density at radius 1 is 1.28 bits per heavy atom. The largest absolute Gasteiger partial charge is 0.493 e. The molecule has 1 heterocycles. The maximum absolute atomic E-state index is 12.2. The first-order valence-corrected chi connectivity index (χ1v) is 11.2. The molecule has 1 amide bonds. The maximum Gasteiger partial charge on any atom is 0.244 e. The molecule has 0 saturated carbocycles. The lowest BCUT2D eigenvalue weighted by Crippen LogP contribution is -2.20. The van der Waals surface area contributed by atoms with E-state index in [0.29, 0.717) is 29.7 Å². The van der Waals surface area contributed by atoms with Gasteiger partial charge in [-0.15, -0.1) is 0 Å². The van der Waals surface area contributed by atoms with E-state index in [2.05, 4.69) is 5.32 Å². The van der Waals surface area contributed by atoms with Crippen molar-refractivity contribution in [1.82, 2.24) is 5.32 Å². The number of carbonyl (C=O) groups is 1. The van der Waals surface area contributed by atoms with E-state index in [1.54, 1.807) is 25.3 Å². The third-order valence-corrected chi connectivity index (χ3v) is 5.16. The number of carbonyl (C=O) groups excluding carboxylic acids is 1. The van der Waals surface area contributed by atoms with E-state index in [0.717, 1.165) is 36.3 Å². The monoisotopic (exact) mass is 459 g/mol. The summed E-state index contributed by atoms with van der Waals surface area (Å²) in [6, 6.07) is 11.2. The van der Waals surface area contributed by atoms with E-state index in [1.165, 1.54) is 6.08 Å². The highest BCUT2D eigenvalue weighted by atomic mass is 35.5. The lowest BCUT2D eigenvalue weighted by molar-refractivity contribution is -0.116. The predicted octanol–water partition coefficient (Wildman–Crippen LogP) is 5.02. The molecule has 1 N–H and O–H groups in total. The summed E-state index contributed by atoms with van der Waals surface area (Å²) in [5.41, 5.74) is 1.72. The first-order valence-electron chi connectivity index (χ1n) is 10.8. The molecule has 0 unspecified atom stereocenters. The second kappa shape index (κ2) is 11.8. The summed E-state index contributed by atoms with van der Waals surface area (Å²) >= 11 is 6.33. The molecular weight excluding hydrogens is 430 g/mol. The lowest BCUT2D eigenvalue weighted by Gasteiger charge is -2.15. The summed E-state index contributed by atoms with van der Waals surface area (Å²) in [6.45, 7) is 5.64. The molecule has 0 bridgehead atoms. The fourth-order valence-electron chi connectivity index (χ4n) is 3.27. The van der Waals surface area contributed by atoms with Crippen molar-refractivity contribution in [2.75, 3.05) is 20.3 Å². The molecule has 0 radical (unpaired) electrons. The fraction of sp³-hybridized carbons (Fsp3) is 0.400. The predicted molar refractivity (Wildman–Crippen MR) is 126 cm³/mol. The molecule has 0 spiro atoms. The number of methoxy groups -OCH3 is 1. The molecule has 1 fully saturated rings. The second-order valence-corrected chi connectivity index (χ2v) is 8.25. The van der Waals surface area contributed by atoms with Crippen LogP contribution >= 0.6 is 11.6 Å². The number of ether oxygens (including phenoxy) is 4. The highest BCUT2D eigenvalue weighted by molar-refractivity contribution is 6.32. The summed E-state index contributed by atoms with van der Waals surface area (Å²) in [5.74, 6) is 1.61. The summed E-state index contributed by atoms with van der Waals surface area (Å²) in [6.07, 6.45) is 5.45. The third-order valence-electron chi connectivity index (χ3n) is 4.88. The van der Waals surface area contributed by atoms with E-state index in [1.807, 2.05) is 38.1 Å². The lowest BCUT2D eigenvalue weighted by atomic mass is 10.1. The molecule has 32 heavy (non-hydrogen) atoms. The summed E-state index contributed by atoms with van der Waals surface area (Å²) in [7, 11) is 1.55. The van der Waals surface area contributed by atoms with Crippen LogP contribution in [0.2, 0.25) is 5.02 Å². The Labute approximate surface area is 194 Å². The Morgan fingerprint density at radius 2 is 2.06 bits per heavy atom. The molecule has 1 aliphatic heterocycles. The van der Waals surface area contributed by atoms with Crippen LogP contribution in [0.3, 0.4) is 0 Å². The minimum atomic E-state index is -0.207. The Bertz CT molecular complexity index is 921. The van der Waals surface area contributed by atoms with E-state index in [4.69, 9.17) is 30.5 Å². The van der Waals surface area contributed by atoms with Gasteiger partial charge in [-0.2, -0.15) is 0 Å². The normalized spacial score (nSPS) is 15.8. The zero-order valence-corrected chi connectivity index (χ0v) is 19.5. The van der Waals surface area contributed by atoms with Crippen LogP contribution in [0.4, 0.5) is 0 Å². The quantitative estimate of drug-likeness (QED) is 0.505. The molecule has 1 saturated heterocycles. The van der Waals surface area contributed by atoms with Gasteiger partial charge in [0.1, 0.15) is 12.4 Å². The Hall–Kier alpha value is -2.70. The van der Waals surface area contributed by atoms with Gasteiger partial charge in [0.25, 0.3) is 0 Å². The van der Waals surface area contributed by atoms with E-state index < -0.39 is 0 Å². The molecule has 1 aliphatic rings. The van der Waals surface area contributed by atoms with E-state index in [-0.39, 0.29) is 18.1 Å². The van der Waals surface area contributed by atoms with Crippen molar-refractivity contribution in [1.29, 1.82) is 0 Å². The maximum atomic E-state index is 12.2. The SMILES string of the molecule is COc1cc(/C=C/C(=O)NCc2ccc(OC[C@@H]3CCCO3)cc2)cc(Cl)c1OC(C)C. The van der Waals surface area contributed by atoms with Crippen LogP contribution in [0, 0.1) is 0 Å². The zero-order chi connectivity index (χ0) is 22.9. The minimum absolute atomic E-state index is 0.0319. The summed E-state index contributed by atoms with van der Waals surface area (Å²) in [5, 5.41) is 3.30. The fourth-order valence-corrected chi connectivity index (χ4v) is 3.54. The topological polar surface area (TPSA) is 66.0 Å². The Kier molecular flexibility index (Phi) is 8.82. The molecule has 6 nitrogen and oxygen atoms in total. The smallest absolute Gasteiger partial charge is 0.244 e. The average molecular weight is 460 g/mol. The van der Waals surface area contributed by atoms with Gasteiger partial charge < -0.3 is 24.3 Å². The number of benzene rings is 2. The zero-order valence-electron chi connectivity index (χ0n) is 18.7. The standard InChI is InChI=1S/C25H30ClNO5/c1-17(2)32-25-22(26)13-19(14-23(25)29-3)8-11-24(28)27-15-18-6-9-20(10-7-18)31-16-21-5-4-12-30-21/h6-11,13-14,17,21H,4-5,12,15-16H2,1-3H3,(H,27,28)/b11-8+/t21-/m0/s1. The van der Waals surface area contributed by atoms with Gasteiger partial charge in [-0.3, -0.25) is 4.79 Å². The molecule has 0 aliphatic carbocycles. The highest BCUT2D eigenvalue weighted by Gasteiger charge is 2.16. The van der Waals surface area contributed by atoms with Crippen LogP contribution in [0.1, 0.15) is 37.8 Å². The molecular formula is C25H30ClNO5. The van der Waals surface area contributed by atoms with Gasteiger partial charge in [0.2, 0.25) is 5.91 Å². The third kappa shape index (κ3) is 7.18. The van der Waals surface area contributed by atoms with E-state index >= 15 is 0 Å². The first kappa shape index (κ1) is 24.0. The molecule has 7 heteroatoms. The van der Waals surface area contributed by atoms with Crippen molar-refractivity contribution in [3.63, 3.8) is 0 Å². The first-order chi connectivity index (χ1) is 15.4.